The van der Waals surface area contributed by atoms with Crippen LogP contribution in [0.2, 0.25) is 0 Å². The first-order chi connectivity index (χ1) is 13.2. The van der Waals surface area contributed by atoms with Gasteiger partial charge in [-0.15, -0.1) is 0 Å². The number of anilines is 1. The molecular formula is C20H21FN6. The number of imidazole rings is 1. The molecule has 6 nitrogen and oxygen atoms in total. The maximum atomic E-state index is 13.8. The van der Waals surface area contributed by atoms with Gasteiger partial charge in [0.25, 0.3) is 0 Å². The lowest BCUT2D eigenvalue weighted by Crippen LogP contribution is -2.26. The van der Waals surface area contributed by atoms with Crippen LogP contribution in [0.3, 0.4) is 0 Å². The Hall–Kier alpha value is -2.96. The summed E-state index contributed by atoms with van der Waals surface area (Å²) in [7, 11) is 0. The van der Waals surface area contributed by atoms with Crippen LogP contribution in [0.15, 0.2) is 36.9 Å². The van der Waals surface area contributed by atoms with Crippen molar-refractivity contribution in [2.24, 2.45) is 5.92 Å². The third kappa shape index (κ3) is 2.93. The number of aromatic nitrogens is 5. The van der Waals surface area contributed by atoms with Crippen molar-refractivity contribution in [3.8, 4) is 11.1 Å². The summed E-state index contributed by atoms with van der Waals surface area (Å²) >= 11 is 0. The summed E-state index contributed by atoms with van der Waals surface area (Å²) in [6.45, 7) is 2.31. The van der Waals surface area contributed by atoms with Gasteiger partial charge in [0, 0.05) is 41.1 Å². The van der Waals surface area contributed by atoms with Crippen LogP contribution < -0.4 is 5.32 Å². The van der Waals surface area contributed by atoms with Gasteiger partial charge in [0.15, 0.2) is 0 Å². The minimum Gasteiger partial charge on any atom is -0.351 e. The fourth-order valence-corrected chi connectivity index (χ4v) is 3.91. The minimum atomic E-state index is -0.378. The summed E-state index contributed by atoms with van der Waals surface area (Å²) in [5.74, 6) is 1.10. The van der Waals surface area contributed by atoms with Crippen molar-refractivity contribution in [2.45, 2.75) is 38.6 Å². The Morgan fingerprint density at radius 1 is 1.15 bits per heavy atom. The third-order valence-electron chi connectivity index (χ3n) is 5.55. The second-order valence-corrected chi connectivity index (χ2v) is 7.49. The molecule has 0 aliphatic heterocycles. The van der Waals surface area contributed by atoms with Crippen LogP contribution in [0.1, 0.15) is 32.6 Å². The standard InChI is InChI=1S/C20H21FN6/c1-12-2-5-14(6-3-12)25-20-24-9-16-15(8-23-19(16)26-20)13-4-7-18-22-10-17(21)27(18)11-13/h4,7-12,14H,2-3,5-6H2,1H3,(H2,23,24,25,26). The van der Waals surface area contributed by atoms with Crippen molar-refractivity contribution < 1.29 is 4.39 Å². The fraction of sp³-hybridized carbons (Fsp3) is 0.350. The second-order valence-electron chi connectivity index (χ2n) is 7.49. The number of pyridine rings is 1. The molecule has 1 aliphatic carbocycles. The van der Waals surface area contributed by atoms with E-state index in [-0.39, 0.29) is 5.95 Å². The monoisotopic (exact) mass is 364 g/mol. The van der Waals surface area contributed by atoms with Gasteiger partial charge in [-0.1, -0.05) is 6.92 Å². The molecule has 27 heavy (non-hydrogen) atoms. The Balaban J connectivity index is 1.45. The predicted octanol–water partition coefficient (Wildman–Crippen LogP) is 4.40. The van der Waals surface area contributed by atoms with E-state index in [4.69, 9.17) is 0 Å². The van der Waals surface area contributed by atoms with E-state index in [1.165, 1.54) is 23.4 Å². The van der Waals surface area contributed by atoms with Gasteiger partial charge in [-0.3, -0.25) is 4.40 Å². The van der Waals surface area contributed by atoms with E-state index in [1.807, 2.05) is 18.5 Å². The van der Waals surface area contributed by atoms with Crippen LogP contribution in [0.5, 0.6) is 0 Å². The van der Waals surface area contributed by atoms with Gasteiger partial charge in [0.1, 0.15) is 11.3 Å². The van der Waals surface area contributed by atoms with Gasteiger partial charge in [0.05, 0.1) is 6.20 Å². The van der Waals surface area contributed by atoms with Crippen LogP contribution in [0, 0.1) is 11.9 Å². The maximum absolute atomic E-state index is 13.8. The second kappa shape index (κ2) is 6.33. The van der Waals surface area contributed by atoms with Gasteiger partial charge in [-0.2, -0.15) is 9.37 Å². The Labute approximate surface area is 155 Å². The first-order valence-corrected chi connectivity index (χ1v) is 9.41. The quantitative estimate of drug-likeness (QED) is 0.565. The molecule has 4 heterocycles. The van der Waals surface area contributed by atoms with E-state index in [2.05, 4.69) is 32.2 Å². The fourth-order valence-electron chi connectivity index (χ4n) is 3.91. The van der Waals surface area contributed by atoms with Gasteiger partial charge >= 0.3 is 0 Å². The van der Waals surface area contributed by atoms with Crippen LogP contribution >= 0.6 is 0 Å². The summed E-state index contributed by atoms with van der Waals surface area (Å²) in [5.41, 5.74) is 3.19. The largest absolute Gasteiger partial charge is 0.351 e. The molecule has 4 aromatic rings. The Morgan fingerprint density at radius 2 is 2.00 bits per heavy atom. The van der Waals surface area contributed by atoms with E-state index in [1.54, 1.807) is 12.3 Å². The molecule has 0 spiro atoms. The molecule has 2 N–H and O–H groups in total. The van der Waals surface area contributed by atoms with E-state index in [0.29, 0.717) is 17.6 Å². The van der Waals surface area contributed by atoms with E-state index in [9.17, 15) is 4.39 Å². The van der Waals surface area contributed by atoms with Gasteiger partial charge in [-0.05, 0) is 43.7 Å². The maximum Gasteiger partial charge on any atom is 0.224 e. The molecule has 138 valence electrons. The number of rotatable bonds is 3. The highest BCUT2D eigenvalue weighted by molar-refractivity contribution is 5.93. The minimum absolute atomic E-state index is 0.378. The van der Waals surface area contributed by atoms with Crippen molar-refractivity contribution in [3.63, 3.8) is 0 Å². The number of H-pyrrole nitrogens is 1. The third-order valence-corrected chi connectivity index (χ3v) is 5.55. The summed E-state index contributed by atoms with van der Waals surface area (Å²) in [4.78, 5) is 16.4. The Morgan fingerprint density at radius 3 is 2.85 bits per heavy atom. The molecule has 0 amide bonds. The summed E-state index contributed by atoms with van der Waals surface area (Å²) in [6, 6.07) is 4.18. The lowest BCUT2D eigenvalue weighted by Gasteiger charge is -2.26. The van der Waals surface area contributed by atoms with Crippen LogP contribution in [-0.2, 0) is 0 Å². The molecule has 0 unspecified atom stereocenters. The first-order valence-electron chi connectivity index (χ1n) is 9.41. The molecule has 5 rings (SSSR count). The van der Waals surface area contributed by atoms with Gasteiger partial charge in [-0.25, -0.2) is 9.97 Å². The summed E-state index contributed by atoms with van der Waals surface area (Å²) < 4.78 is 15.3. The molecule has 4 aromatic heterocycles. The van der Waals surface area contributed by atoms with Crippen molar-refractivity contribution in [1.82, 2.24) is 24.3 Å². The number of aromatic amines is 1. The molecule has 1 aliphatic rings. The Bertz CT molecular complexity index is 1110. The van der Waals surface area contributed by atoms with Crippen molar-refractivity contribution in [1.29, 1.82) is 0 Å². The van der Waals surface area contributed by atoms with Gasteiger partial charge < -0.3 is 10.3 Å². The molecule has 0 bridgehead atoms. The topological polar surface area (TPSA) is 70.9 Å². The molecule has 1 saturated carbocycles. The summed E-state index contributed by atoms with van der Waals surface area (Å²) in [6.07, 6.45) is 11.5. The molecule has 0 saturated heterocycles. The normalized spacial score (nSPS) is 20.4. The molecule has 7 heteroatoms. The number of nitrogens with zero attached hydrogens (tertiary/aromatic N) is 4. The lowest BCUT2D eigenvalue weighted by molar-refractivity contribution is 0.360. The average molecular weight is 364 g/mol. The number of halogens is 1. The van der Waals surface area contributed by atoms with Gasteiger partial charge in [0.2, 0.25) is 11.9 Å². The van der Waals surface area contributed by atoms with E-state index >= 15 is 0 Å². The number of hydrogen-bond acceptors (Lipinski definition) is 4. The zero-order valence-corrected chi connectivity index (χ0v) is 15.1. The van der Waals surface area contributed by atoms with Crippen LogP contribution in [0.4, 0.5) is 10.3 Å². The number of nitrogens with one attached hydrogen (secondary N) is 2. The highest BCUT2D eigenvalue weighted by Crippen LogP contribution is 2.29. The van der Waals surface area contributed by atoms with Crippen LogP contribution in [-0.4, -0.2) is 30.4 Å². The summed E-state index contributed by atoms with van der Waals surface area (Å²) in [5, 5.41) is 4.38. The van der Waals surface area contributed by atoms with Crippen molar-refractivity contribution in [3.05, 3.63) is 42.9 Å². The highest BCUT2D eigenvalue weighted by atomic mass is 19.1. The zero-order chi connectivity index (χ0) is 18.4. The number of hydrogen-bond donors (Lipinski definition) is 2. The van der Waals surface area contributed by atoms with Crippen molar-refractivity contribution in [2.75, 3.05) is 5.32 Å². The average Bonchev–Trinajstić information content (AvgIpc) is 3.27. The highest BCUT2D eigenvalue weighted by Gasteiger charge is 2.19. The molecule has 0 radical (unpaired) electrons. The van der Waals surface area contributed by atoms with Crippen molar-refractivity contribution >= 4 is 22.6 Å². The Kier molecular flexibility index (Phi) is 3.81. The lowest BCUT2D eigenvalue weighted by atomic mass is 9.87. The SMILES string of the molecule is CC1CCC(Nc2ncc3c(-c4ccc5ncc(F)n5c4)c[nH]c3n2)CC1. The molecular weight excluding hydrogens is 343 g/mol. The van der Waals surface area contributed by atoms with E-state index < -0.39 is 0 Å². The molecule has 0 atom stereocenters. The molecule has 0 aromatic carbocycles. The van der Waals surface area contributed by atoms with Crippen LogP contribution in [0.25, 0.3) is 27.8 Å². The predicted molar refractivity (Wildman–Crippen MR) is 103 cm³/mol. The smallest absolute Gasteiger partial charge is 0.224 e. The zero-order valence-electron chi connectivity index (χ0n) is 15.1. The first kappa shape index (κ1) is 16.2. The van der Waals surface area contributed by atoms with E-state index in [0.717, 1.165) is 40.9 Å². The number of fused-ring (bicyclic) bond motifs is 2. The molecule has 1 fully saturated rings.